The second kappa shape index (κ2) is 6.12. The maximum Gasteiger partial charge on any atom is 0.311 e. The topological polar surface area (TPSA) is 66.8 Å². The number of unbranched alkanes of at least 4 members (excludes halogenated alkanes) is 1. The lowest BCUT2D eigenvalue weighted by Gasteiger charge is -2.33. The number of carbonyl (C=O) groups excluding carboxylic acids is 1. The molecule has 2 heterocycles. The molecular formula is C15H25NO4. The Hall–Kier alpha value is -1.10. The van der Waals surface area contributed by atoms with E-state index in [0.717, 1.165) is 19.3 Å². The van der Waals surface area contributed by atoms with E-state index in [4.69, 9.17) is 4.74 Å². The number of likely N-dealkylation sites (tertiary alicyclic amines) is 1. The van der Waals surface area contributed by atoms with Crippen LogP contribution in [-0.2, 0) is 14.3 Å². The van der Waals surface area contributed by atoms with Gasteiger partial charge in [-0.1, -0.05) is 26.7 Å². The van der Waals surface area contributed by atoms with Crippen LogP contribution >= 0.6 is 0 Å². The normalized spacial score (nSPS) is 30.9. The minimum atomic E-state index is -0.779. The van der Waals surface area contributed by atoms with E-state index in [1.807, 2.05) is 6.92 Å². The van der Waals surface area contributed by atoms with Gasteiger partial charge in [0.1, 0.15) is 0 Å². The second-order valence-corrected chi connectivity index (χ2v) is 6.25. The molecule has 0 radical (unpaired) electrons. The number of carboxylic acids is 1. The molecule has 2 aliphatic rings. The number of fused-ring (bicyclic) bond motifs is 1. The number of amides is 1. The minimum Gasteiger partial charge on any atom is -0.481 e. The first kappa shape index (κ1) is 15.3. The van der Waals surface area contributed by atoms with Crippen LogP contribution in [0.3, 0.4) is 0 Å². The Kier molecular flexibility index (Phi) is 4.68. The molecule has 1 unspecified atom stereocenters. The molecule has 0 aromatic heterocycles. The number of ether oxygens (including phenoxy) is 1. The molecule has 2 aliphatic heterocycles. The summed E-state index contributed by atoms with van der Waals surface area (Å²) in [5, 5.41) is 9.59. The van der Waals surface area contributed by atoms with Gasteiger partial charge in [0.2, 0.25) is 5.91 Å². The van der Waals surface area contributed by atoms with Crippen molar-refractivity contribution in [2.24, 2.45) is 17.3 Å². The highest BCUT2D eigenvalue weighted by molar-refractivity contribution is 5.82. The Bertz CT molecular complexity index is 384. The third-order valence-corrected chi connectivity index (χ3v) is 4.86. The number of nitrogens with zero attached hydrogens (tertiary/aromatic N) is 1. The van der Waals surface area contributed by atoms with Crippen LogP contribution in [0.4, 0.5) is 0 Å². The largest absolute Gasteiger partial charge is 0.481 e. The molecule has 20 heavy (non-hydrogen) atoms. The molecule has 0 aliphatic carbocycles. The quantitative estimate of drug-likeness (QED) is 0.835. The van der Waals surface area contributed by atoms with Crippen molar-refractivity contribution in [1.29, 1.82) is 0 Å². The molecule has 1 amide bonds. The average Bonchev–Trinajstić information content (AvgIpc) is 2.84. The van der Waals surface area contributed by atoms with E-state index in [2.05, 4.69) is 6.92 Å². The summed E-state index contributed by atoms with van der Waals surface area (Å²) in [6, 6.07) is 0. The number of hydrogen-bond acceptors (Lipinski definition) is 3. The van der Waals surface area contributed by atoms with Crippen molar-refractivity contribution in [3.05, 3.63) is 0 Å². The summed E-state index contributed by atoms with van der Waals surface area (Å²) in [5.74, 6) is -0.742. The van der Waals surface area contributed by atoms with E-state index in [9.17, 15) is 14.7 Å². The van der Waals surface area contributed by atoms with Gasteiger partial charge in [-0.3, -0.25) is 9.59 Å². The van der Waals surface area contributed by atoms with Crippen LogP contribution in [0.2, 0.25) is 0 Å². The van der Waals surface area contributed by atoms with Gasteiger partial charge in [-0.2, -0.15) is 0 Å². The van der Waals surface area contributed by atoms with Crippen molar-refractivity contribution in [2.75, 3.05) is 26.3 Å². The van der Waals surface area contributed by atoms with Crippen molar-refractivity contribution in [3.63, 3.8) is 0 Å². The van der Waals surface area contributed by atoms with Crippen molar-refractivity contribution in [1.82, 2.24) is 4.90 Å². The van der Waals surface area contributed by atoms with Gasteiger partial charge in [-0.05, 0) is 12.8 Å². The van der Waals surface area contributed by atoms with Gasteiger partial charge < -0.3 is 14.7 Å². The van der Waals surface area contributed by atoms with E-state index >= 15 is 0 Å². The third-order valence-electron chi connectivity index (χ3n) is 4.86. The first-order valence-corrected chi connectivity index (χ1v) is 7.61. The Morgan fingerprint density at radius 1 is 1.50 bits per heavy atom. The zero-order valence-corrected chi connectivity index (χ0v) is 12.4. The van der Waals surface area contributed by atoms with Crippen LogP contribution in [0, 0.1) is 17.3 Å². The van der Waals surface area contributed by atoms with E-state index in [1.165, 1.54) is 0 Å². The van der Waals surface area contributed by atoms with E-state index in [0.29, 0.717) is 32.7 Å². The molecule has 2 rings (SSSR count). The minimum absolute atomic E-state index is 0.0122. The Morgan fingerprint density at radius 2 is 2.25 bits per heavy atom. The highest BCUT2D eigenvalue weighted by Crippen LogP contribution is 2.42. The van der Waals surface area contributed by atoms with E-state index < -0.39 is 11.4 Å². The molecular weight excluding hydrogens is 258 g/mol. The fourth-order valence-corrected chi connectivity index (χ4v) is 3.41. The molecule has 5 nitrogen and oxygen atoms in total. The zero-order valence-electron chi connectivity index (χ0n) is 12.4. The lowest BCUT2D eigenvalue weighted by molar-refractivity contribution is -0.157. The summed E-state index contributed by atoms with van der Waals surface area (Å²) in [6.07, 6.45) is 3.51. The van der Waals surface area contributed by atoms with Gasteiger partial charge in [-0.15, -0.1) is 0 Å². The number of aliphatic carboxylic acids is 1. The van der Waals surface area contributed by atoms with Crippen molar-refractivity contribution in [3.8, 4) is 0 Å². The average molecular weight is 283 g/mol. The first-order chi connectivity index (χ1) is 9.51. The van der Waals surface area contributed by atoms with Crippen LogP contribution in [-0.4, -0.2) is 48.2 Å². The van der Waals surface area contributed by atoms with Gasteiger partial charge in [0.05, 0.1) is 12.0 Å². The molecule has 0 spiro atoms. The third kappa shape index (κ3) is 2.68. The van der Waals surface area contributed by atoms with Crippen LogP contribution in [0.25, 0.3) is 0 Å². The Labute approximate surface area is 120 Å². The van der Waals surface area contributed by atoms with Crippen molar-refractivity contribution >= 4 is 11.9 Å². The highest BCUT2D eigenvalue weighted by Gasteiger charge is 2.55. The molecule has 0 saturated carbocycles. The maximum absolute atomic E-state index is 12.5. The van der Waals surface area contributed by atoms with E-state index in [1.54, 1.807) is 4.90 Å². The molecule has 5 heteroatoms. The Balaban J connectivity index is 2.05. The highest BCUT2D eigenvalue weighted by atomic mass is 16.5. The summed E-state index contributed by atoms with van der Waals surface area (Å²) in [6.45, 7) is 5.88. The standard InChI is InChI=1S/C15H25NO4/c1-3-4-5-11(2)13(17)16-8-12-9-20-7-6-15(12,10-16)14(18)19/h11-12H,3-10H2,1-2H3,(H,18,19)/t11?,12-,15+/m0/s1. The summed E-state index contributed by atoms with van der Waals surface area (Å²) in [7, 11) is 0. The smallest absolute Gasteiger partial charge is 0.311 e. The van der Waals surface area contributed by atoms with Crippen molar-refractivity contribution < 1.29 is 19.4 Å². The fourth-order valence-electron chi connectivity index (χ4n) is 3.41. The molecule has 0 aromatic carbocycles. The molecule has 0 aromatic rings. The van der Waals surface area contributed by atoms with Gasteiger partial charge in [-0.25, -0.2) is 0 Å². The summed E-state index contributed by atoms with van der Waals surface area (Å²) >= 11 is 0. The molecule has 3 atom stereocenters. The molecule has 0 bridgehead atoms. The first-order valence-electron chi connectivity index (χ1n) is 7.61. The molecule has 1 N–H and O–H groups in total. The predicted molar refractivity (Wildman–Crippen MR) is 74.3 cm³/mol. The van der Waals surface area contributed by atoms with Crippen LogP contribution < -0.4 is 0 Å². The number of carbonyl (C=O) groups is 2. The summed E-state index contributed by atoms with van der Waals surface area (Å²) < 4.78 is 5.41. The van der Waals surface area contributed by atoms with Gasteiger partial charge in [0.25, 0.3) is 0 Å². The number of hydrogen-bond donors (Lipinski definition) is 1. The van der Waals surface area contributed by atoms with Gasteiger partial charge in [0, 0.05) is 31.5 Å². The monoisotopic (exact) mass is 283 g/mol. The van der Waals surface area contributed by atoms with Gasteiger partial charge in [0.15, 0.2) is 0 Å². The molecule has 2 saturated heterocycles. The van der Waals surface area contributed by atoms with E-state index in [-0.39, 0.29) is 17.7 Å². The fraction of sp³-hybridized carbons (Fsp3) is 0.867. The predicted octanol–water partition coefficient (Wildman–Crippen LogP) is 1.76. The lowest BCUT2D eigenvalue weighted by Crippen LogP contribution is -2.45. The number of carboxylic acid groups (broad SMARTS) is 1. The second-order valence-electron chi connectivity index (χ2n) is 6.25. The summed E-state index contributed by atoms with van der Waals surface area (Å²) in [4.78, 5) is 25.9. The number of rotatable bonds is 5. The summed E-state index contributed by atoms with van der Waals surface area (Å²) in [5.41, 5.74) is -0.779. The molecule has 114 valence electrons. The molecule has 2 fully saturated rings. The lowest BCUT2D eigenvalue weighted by atomic mass is 9.74. The maximum atomic E-state index is 12.5. The van der Waals surface area contributed by atoms with Crippen molar-refractivity contribution in [2.45, 2.75) is 39.5 Å². The van der Waals surface area contributed by atoms with Crippen LogP contribution in [0.5, 0.6) is 0 Å². The van der Waals surface area contributed by atoms with Gasteiger partial charge >= 0.3 is 5.97 Å². The van der Waals surface area contributed by atoms with Crippen LogP contribution in [0.1, 0.15) is 39.5 Å². The van der Waals surface area contributed by atoms with Crippen LogP contribution in [0.15, 0.2) is 0 Å². The Morgan fingerprint density at radius 3 is 2.85 bits per heavy atom. The SMILES string of the molecule is CCCCC(C)C(=O)N1C[C@H]2COCC[C@@]2(C(=O)O)C1. The zero-order chi connectivity index (χ0) is 14.8.